The molecule has 0 saturated heterocycles. The van der Waals surface area contributed by atoms with Gasteiger partial charge in [0.25, 0.3) is 0 Å². The van der Waals surface area contributed by atoms with Crippen molar-refractivity contribution in [2.45, 2.75) is 0 Å². The first-order valence-electron chi connectivity index (χ1n) is 4.43. The number of aldehydes is 1. The SMILES string of the molecule is O=Cc1ccc(-c2c(F)cncc2F)cn1. The zero-order valence-electron chi connectivity index (χ0n) is 8.02. The van der Waals surface area contributed by atoms with Gasteiger partial charge >= 0.3 is 0 Å². The Morgan fingerprint density at radius 3 is 2.25 bits per heavy atom. The molecule has 5 heteroatoms. The summed E-state index contributed by atoms with van der Waals surface area (Å²) in [6.45, 7) is 0. The Balaban J connectivity index is 2.54. The number of halogens is 2. The van der Waals surface area contributed by atoms with Crippen molar-refractivity contribution in [3.05, 3.63) is 48.1 Å². The molecule has 0 N–H and O–H groups in total. The summed E-state index contributed by atoms with van der Waals surface area (Å²) in [6.07, 6.45) is 3.65. The van der Waals surface area contributed by atoms with Crippen molar-refractivity contribution in [2.24, 2.45) is 0 Å². The van der Waals surface area contributed by atoms with Crippen LogP contribution in [-0.2, 0) is 0 Å². The Labute approximate surface area is 89.8 Å². The number of carbonyl (C=O) groups excluding carboxylic acids is 1. The highest BCUT2D eigenvalue weighted by Gasteiger charge is 2.11. The first-order valence-corrected chi connectivity index (χ1v) is 4.43. The van der Waals surface area contributed by atoms with E-state index >= 15 is 0 Å². The molecular weight excluding hydrogens is 214 g/mol. The molecule has 0 spiro atoms. The highest BCUT2D eigenvalue weighted by Crippen LogP contribution is 2.24. The number of pyridine rings is 2. The van der Waals surface area contributed by atoms with Gasteiger partial charge in [0, 0.05) is 11.8 Å². The van der Waals surface area contributed by atoms with E-state index < -0.39 is 11.6 Å². The Kier molecular flexibility index (Phi) is 2.68. The number of rotatable bonds is 2. The molecule has 0 aliphatic carbocycles. The summed E-state index contributed by atoms with van der Waals surface area (Å²) in [6, 6.07) is 2.82. The van der Waals surface area contributed by atoms with Crippen molar-refractivity contribution in [3.63, 3.8) is 0 Å². The van der Waals surface area contributed by atoms with E-state index in [1.807, 2.05) is 0 Å². The minimum absolute atomic E-state index is 0.194. The van der Waals surface area contributed by atoms with Gasteiger partial charge in [0.15, 0.2) is 17.9 Å². The molecule has 2 heterocycles. The molecule has 0 radical (unpaired) electrons. The molecule has 0 unspecified atom stereocenters. The number of nitrogens with zero attached hydrogens (tertiary/aromatic N) is 2. The predicted molar refractivity (Wildman–Crippen MR) is 52.8 cm³/mol. The van der Waals surface area contributed by atoms with E-state index in [9.17, 15) is 13.6 Å². The molecule has 0 bridgehead atoms. The van der Waals surface area contributed by atoms with Gasteiger partial charge in [-0.15, -0.1) is 0 Å². The third-order valence-corrected chi connectivity index (χ3v) is 2.05. The van der Waals surface area contributed by atoms with Crippen molar-refractivity contribution in [2.75, 3.05) is 0 Å². The summed E-state index contributed by atoms with van der Waals surface area (Å²) in [5.74, 6) is -1.53. The van der Waals surface area contributed by atoms with Crippen LogP contribution in [0.4, 0.5) is 8.78 Å². The molecule has 2 aromatic heterocycles. The lowest BCUT2D eigenvalue weighted by molar-refractivity contribution is 0.111. The molecule has 3 nitrogen and oxygen atoms in total. The highest BCUT2D eigenvalue weighted by molar-refractivity contribution is 5.73. The van der Waals surface area contributed by atoms with E-state index in [0.717, 1.165) is 12.4 Å². The summed E-state index contributed by atoms with van der Waals surface area (Å²) in [5, 5.41) is 0. The maximum atomic E-state index is 13.3. The highest BCUT2D eigenvalue weighted by atomic mass is 19.1. The molecule has 0 fully saturated rings. The van der Waals surface area contributed by atoms with Gasteiger partial charge in [-0.1, -0.05) is 6.07 Å². The average Bonchev–Trinajstić information content (AvgIpc) is 2.30. The Bertz CT molecular complexity index is 506. The second kappa shape index (κ2) is 4.14. The van der Waals surface area contributed by atoms with E-state index in [1.54, 1.807) is 0 Å². The smallest absolute Gasteiger partial charge is 0.168 e. The quantitative estimate of drug-likeness (QED) is 0.729. The molecule has 0 aliphatic heterocycles. The minimum Gasteiger partial charge on any atom is -0.296 e. The average molecular weight is 220 g/mol. The van der Waals surface area contributed by atoms with E-state index in [2.05, 4.69) is 9.97 Å². The van der Waals surface area contributed by atoms with Gasteiger partial charge < -0.3 is 0 Å². The van der Waals surface area contributed by atoms with Crippen LogP contribution in [0.2, 0.25) is 0 Å². The van der Waals surface area contributed by atoms with E-state index in [0.29, 0.717) is 6.29 Å². The molecule has 2 aromatic rings. The topological polar surface area (TPSA) is 42.9 Å². The van der Waals surface area contributed by atoms with E-state index in [1.165, 1.54) is 18.3 Å². The fourth-order valence-electron chi connectivity index (χ4n) is 1.31. The third kappa shape index (κ3) is 1.79. The van der Waals surface area contributed by atoms with Gasteiger partial charge in [-0.2, -0.15) is 0 Å². The van der Waals surface area contributed by atoms with Gasteiger partial charge in [0.1, 0.15) is 5.69 Å². The zero-order valence-corrected chi connectivity index (χ0v) is 8.02. The molecule has 0 aliphatic rings. The summed E-state index contributed by atoms with van der Waals surface area (Å²) in [7, 11) is 0. The number of carbonyl (C=O) groups is 1. The monoisotopic (exact) mass is 220 g/mol. The van der Waals surface area contributed by atoms with Crippen molar-refractivity contribution in [1.82, 2.24) is 9.97 Å². The fourth-order valence-corrected chi connectivity index (χ4v) is 1.31. The van der Waals surface area contributed by atoms with Crippen LogP contribution in [0.5, 0.6) is 0 Å². The first-order chi connectivity index (χ1) is 7.72. The van der Waals surface area contributed by atoms with Crippen LogP contribution in [0.25, 0.3) is 11.1 Å². The van der Waals surface area contributed by atoms with Crippen LogP contribution in [0, 0.1) is 11.6 Å². The Morgan fingerprint density at radius 2 is 1.75 bits per heavy atom. The van der Waals surface area contributed by atoms with Crippen LogP contribution in [-0.4, -0.2) is 16.3 Å². The number of aromatic nitrogens is 2. The zero-order chi connectivity index (χ0) is 11.5. The van der Waals surface area contributed by atoms with Crippen LogP contribution in [0.1, 0.15) is 10.5 Å². The van der Waals surface area contributed by atoms with Gasteiger partial charge in [-0.25, -0.2) is 8.78 Å². The normalized spacial score (nSPS) is 10.1. The molecule has 0 amide bonds. The van der Waals surface area contributed by atoms with Gasteiger partial charge in [0.2, 0.25) is 0 Å². The van der Waals surface area contributed by atoms with Gasteiger partial charge in [0.05, 0.1) is 18.0 Å². The first kappa shape index (κ1) is 10.4. The van der Waals surface area contributed by atoms with Crippen molar-refractivity contribution >= 4 is 6.29 Å². The van der Waals surface area contributed by atoms with Crippen LogP contribution in [0.15, 0.2) is 30.7 Å². The fraction of sp³-hybridized carbons (Fsp3) is 0. The molecule has 0 aromatic carbocycles. The number of hydrogen-bond acceptors (Lipinski definition) is 3. The van der Waals surface area contributed by atoms with Crippen LogP contribution in [0.3, 0.4) is 0 Å². The summed E-state index contributed by atoms with van der Waals surface area (Å²) in [5.41, 5.74) is 0.279. The maximum absolute atomic E-state index is 13.3. The summed E-state index contributed by atoms with van der Waals surface area (Å²) >= 11 is 0. The largest absolute Gasteiger partial charge is 0.296 e. The van der Waals surface area contributed by atoms with Gasteiger partial charge in [-0.3, -0.25) is 14.8 Å². The number of hydrogen-bond donors (Lipinski definition) is 0. The van der Waals surface area contributed by atoms with Gasteiger partial charge in [-0.05, 0) is 6.07 Å². The minimum atomic E-state index is -0.763. The summed E-state index contributed by atoms with van der Waals surface area (Å²) in [4.78, 5) is 17.5. The second-order valence-electron chi connectivity index (χ2n) is 3.07. The lowest BCUT2D eigenvalue weighted by Gasteiger charge is -2.03. The molecule has 80 valence electrons. The Hall–Kier alpha value is -2.17. The standard InChI is InChI=1S/C11H6F2N2O/c12-9-4-14-5-10(13)11(9)7-1-2-8(6-16)15-3-7/h1-6H. The van der Waals surface area contributed by atoms with Crippen molar-refractivity contribution in [1.29, 1.82) is 0 Å². The summed E-state index contributed by atoms with van der Waals surface area (Å²) < 4.78 is 26.6. The molecule has 2 rings (SSSR count). The Morgan fingerprint density at radius 1 is 1.06 bits per heavy atom. The molecular formula is C11H6F2N2O. The molecule has 0 saturated carbocycles. The molecule has 0 atom stereocenters. The van der Waals surface area contributed by atoms with Crippen LogP contribution >= 0.6 is 0 Å². The predicted octanol–water partition coefficient (Wildman–Crippen LogP) is 2.23. The third-order valence-electron chi connectivity index (χ3n) is 2.05. The van der Waals surface area contributed by atoms with E-state index in [-0.39, 0.29) is 16.8 Å². The maximum Gasteiger partial charge on any atom is 0.168 e. The lowest BCUT2D eigenvalue weighted by atomic mass is 10.1. The van der Waals surface area contributed by atoms with Crippen molar-refractivity contribution in [3.8, 4) is 11.1 Å². The van der Waals surface area contributed by atoms with Crippen molar-refractivity contribution < 1.29 is 13.6 Å². The molecule has 16 heavy (non-hydrogen) atoms. The van der Waals surface area contributed by atoms with Crippen LogP contribution < -0.4 is 0 Å². The van der Waals surface area contributed by atoms with E-state index in [4.69, 9.17) is 0 Å². The lowest BCUT2D eigenvalue weighted by Crippen LogP contribution is -1.93. The second-order valence-corrected chi connectivity index (χ2v) is 3.07.